The molecule has 0 heterocycles. The SMILES string of the molecule is O=P(O)(Cl)c1c(Cl)cc(Cl)cc1Cl. The average molecular weight is 280 g/mol. The summed E-state index contributed by atoms with van der Waals surface area (Å²) >= 11 is 22.1. The Morgan fingerprint density at radius 2 is 1.54 bits per heavy atom. The summed E-state index contributed by atoms with van der Waals surface area (Å²) in [6.07, 6.45) is 0. The number of benzene rings is 1. The van der Waals surface area contributed by atoms with Gasteiger partial charge in [0.05, 0.1) is 15.3 Å². The fraction of sp³-hybridized carbons (Fsp3) is 0. The maximum absolute atomic E-state index is 11.1. The Morgan fingerprint density at radius 1 is 1.15 bits per heavy atom. The summed E-state index contributed by atoms with van der Waals surface area (Å²) in [4.78, 5) is 9.05. The molecule has 0 aromatic heterocycles. The van der Waals surface area contributed by atoms with Crippen molar-refractivity contribution in [1.82, 2.24) is 0 Å². The van der Waals surface area contributed by atoms with Gasteiger partial charge in [-0.05, 0) is 23.4 Å². The second kappa shape index (κ2) is 3.98. The number of rotatable bonds is 1. The molecule has 0 bridgehead atoms. The minimum absolute atomic E-state index is 0.0154. The molecule has 0 spiro atoms. The Labute approximate surface area is 94.6 Å². The lowest BCUT2D eigenvalue weighted by Crippen LogP contribution is -2.04. The van der Waals surface area contributed by atoms with E-state index in [0.29, 0.717) is 0 Å². The summed E-state index contributed by atoms with van der Waals surface area (Å²) in [6.45, 7) is -3.96. The Kier molecular flexibility index (Phi) is 3.56. The third-order valence-electron chi connectivity index (χ3n) is 1.26. The number of hydrogen-bond donors (Lipinski definition) is 1. The second-order valence-corrected chi connectivity index (χ2v) is 6.30. The quantitative estimate of drug-likeness (QED) is 0.796. The number of halogens is 4. The van der Waals surface area contributed by atoms with Crippen molar-refractivity contribution in [3.8, 4) is 0 Å². The summed E-state index contributed by atoms with van der Waals surface area (Å²) in [7, 11) is 0. The predicted octanol–water partition coefficient (Wildman–Crippen LogP) is 3.70. The van der Waals surface area contributed by atoms with E-state index in [4.69, 9.17) is 50.9 Å². The Hall–Kier alpha value is 0.570. The van der Waals surface area contributed by atoms with Crippen LogP contribution in [0.1, 0.15) is 0 Å². The van der Waals surface area contributed by atoms with Crippen molar-refractivity contribution in [1.29, 1.82) is 0 Å². The van der Waals surface area contributed by atoms with Crippen LogP contribution in [0.3, 0.4) is 0 Å². The van der Waals surface area contributed by atoms with E-state index < -0.39 is 6.72 Å². The molecule has 1 unspecified atom stereocenters. The van der Waals surface area contributed by atoms with Crippen LogP contribution in [0.15, 0.2) is 12.1 Å². The molecule has 0 amide bonds. The first kappa shape index (κ1) is 11.6. The van der Waals surface area contributed by atoms with Crippen LogP contribution in [0.2, 0.25) is 15.1 Å². The lowest BCUT2D eigenvalue weighted by molar-refractivity contribution is 0.506. The van der Waals surface area contributed by atoms with E-state index in [1.807, 2.05) is 0 Å². The third kappa shape index (κ3) is 2.76. The van der Waals surface area contributed by atoms with Crippen LogP contribution in [0.5, 0.6) is 0 Å². The molecular formula is C6H3Cl4O2P. The van der Waals surface area contributed by atoms with Gasteiger partial charge in [-0.25, -0.2) is 0 Å². The molecule has 7 heteroatoms. The molecular weight excluding hydrogens is 277 g/mol. The summed E-state index contributed by atoms with van der Waals surface area (Å²) in [5, 5.41) is 0.0717. The molecule has 0 radical (unpaired) electrons. The van der Waals surface area contributed by atoms with Crippen LogP contribution in [-0.4, -0.2) is 4.89 Å². The standard InChI is InChI=1S/C6H3Cl4O2P/c7-3-1-4(8)6(5(9)2-3)13(10,11)12/h1-2H,(H,11,12). The van der Waals surface area contributed by atoms with Crippen molar-refractivity contribution in [2.24, 2.45) is 0 Å². The van der Waals surface area contributed by atoms with E-state index in [1.54, 1.807) is 0 Å². The van der Waals surface area contributed by atoms with Gasteiger partial charge < -0.3 is 4.89 Å². The molecule has 1 rings (SSSR count). The van der Waals surface area contributed by atoms with E-state index in [-0.39, 0.29) is 20.4 Å². The molecule has 1 aromatic carbocycles. The first-order valence-corrected chi connectivity index (χ1v) is 6.70. The van der Waals surface area contributed by atoms with Gasteiger partial charge in [0.25, 0.3) is 0 Å². The van der Waals surface area contributed by atoms with Gasteiger partial charge in [0.2, 0.25) is 0 Å². The fourth-order valence-corrected chi connectivity index (χ4v) is 3.76. The highest BCUT2D eigenvalue weighted by Gasteiger charge is 2.24. The maximum Gasteiger partial charge on any atom is 0.320 e. The monoisotopic (exact) mass is 278 g/mol. The van der Waals surface area contributed by atoms with Crippen LogP contribution in [0, 0.1) is 0 Å². The van der Waals surface area contributed by atoms with Crippen molar-refractivity contribution in [2.75, 3.05) is 0 Å². The zero-order chi connectivity index (χ0) is 10.2. The van der Waals surface area contributed by atoms with Crippen LogP contribution in [0.25, 0.3) is 0 Å². The molecule has 0 fully saturated rings. The van der Waals surface area contributed by atoms with E-state index in [1.165, 1.54) is 12.1 Å². The lowest BCUT2D eigenvalue weighted by atomic mass is 10.4. The highest BCUT2D eigenvalue weighted by Crippen LogP contribution is 2.49. The molecule has 1 aromatic rings. The van der Waals surface area contributed by atoms with Gasteiger partial charge >= 0.3 is 6.72 Å². The topological polar surface area (TPSA) is 37.3 Å². The minimum Gasteiger partial charge on any atom is -0.330 e. The first-order valence-electron chi connectivity index (χ1n) is 3.00. The Morgan fingerprint density at radius 3 is 1.85 bits per heavy atom. The molecule has 0 aliphatic heterocycles. The van der Waals surface area contributed by atoms with Crippen molar-refractivity contribution in [3.05, 3.63) is 27.2 Å². The predicted molar refractivity (Wildman–Crippen MR) is 56.8 cm³/mol. The van der Waals surface area contributed by atoms with Gasteiger partial charge in [-0.2, -0.15) is 0 Å². The lowest BCUT2D eigenvalue weighted by Gasteiger charge is -2.07. The van der Waals surface area contributed by atoms with E-state index >= 15 is 0 Å². The van der Waals surface area contributed by atoms with Gasteiger partial charge in [-0.1, -0.05) is 34.8 Å². The third-order valence-corrected chi connectivity index (χ3v) is 3.88. The van der Waals surface area contributed by atoms with Gasteiger partial charge in [0.15, 0.2) is 0 Å². The van der Waals surface area contributed by atoms with Crippen LogP contribution < -0.4 is 5.30 Å². The largest absolute Gasteiger partial charge is 0.330 e. The van der Waals surface area contributed by atoms with Gasteiger partial charge in [0, 0.05) is 5.02 Å². The van der Waals surface area contributed by atoms with Crippen molar-refractivity contribution >= 4 is 58.1 Å². The Balaban J connectivity index is 3.47. The van der Waals surface area contributed by atoms with Gasteiger partial charge in [-0.3, -0.25) is 4.57 Å². The first-order chi connectivity index (χ1) is 5.82. The molecule has 1 atom stereocenters. The summed E-state index contributed by atoms with van der Waals surface area (Å²) in [6, 6.07) is 2.60. The normalized spacial score (nSPS) is 15.5. The van der Waals surface area contributed by atoms with Crippen molar-refractivity contribution in [2.45, 2.75) is 0 Å². The fourth-order valence-electron chi connectivity index (χ4n) is 0.798. The van der Waals surface area contributed by atoms with Crippen molar-refractivity contribution < 1.29 is 9.46 Å². The van der Waals surface area contributed by atoms with Gasteiger partial charge in [-0.15, -0.1) is 0 Å². The summed E-state index contributed by atoms with van der Waals surface area (Å²) in [5.74, 6) is 0. The summed E-state index contributed by atoms with van der Waals surface area (Å²) < 4.78 is 11.1. The molecule has 2 nitrogen and oxygen atoms in total. The van der Waals surface area contributed by atoms with Crippen LogP contribution >= 0.6 is 52.8 Å². The average Bonchev–Trinajstić information content (AvgIpc) is 1.78. The molecule has 0 saturated heterocycles. The highest BCUT2D eigenvalue weighted by molar-refractivity contribution is 7.90. The molecule has 0 aliphatic rings. The summed E-state index contributed by atoms with van der Waals surface area (Å²) in [5.41, 5.74) is 0. The second-order valence-electron chi connectivity index (χ2n) is 2.22. The molecule has 0 aliphatic carbocycles. The zero-order valence-corrected chi connectivity index (χ0v) is 9.89. The van der Waals surface area contributed by atoms with Gasteiger partial charge in [0.1, 0.15) is 0 Å². The van der Waals surface area contributed by atoms with Crippen molar-refractivity contribution in [3.63, 3.8) is 0 Å². The number of hydrogen-bond acceptors (Lipinski definition) is 1. The van der Waals surface area contributed by atoms with Crippen LogP contribution in [0.4, 0.5) is 0 Å². The van der Waals surface area contributed by atoms with E-state index in [9.17, 15) is 4.57 Å². The van der Waals surface area contributed by atoms with E-state index in [2.05, 4.69) is 0 Å². The highest BCUT2D eigenvalue weighted by atomic mass is 35.7. The molecule has 1 N–H and O–H groups in total. The van der Waals surface area contributed by atoms with E-state index in [0.717, 1.165) is 0 Å². The maximum atomic E-state index is 11.1. The zero-order valence-electron chi connectivity index (χ0n) is 5.97. The molecule has 0 saturated carbocycles. The van der Waals surface area contributed by atoms with Crippen LogP contribution in [-0.2, 0) is 4.57 Å². The minimum atomic E-state index is -3.96. The Bertz CT molecular complexity index is 363. The molecule has 72 valence electrons. The smallest absolute Gasteiger partial charge is 0.320 e. The molecule has 13 heavy (non-hydrogen) atoms.